The topological polar surface area (TPSA) is 100 Å². The van der Waals surface area contributed by atoms with E-state index in [1.807, 2.05) is 12.1 Å². The number of ether oxygens (including phenoxy) is 1. The van der Waals surface area contributed by atoms with E-state index >= 15 is 0 Å². The van der Waals surface area contributed by atoms with E-state index in [1.165, 1.54) is 6.07 Å². The van der Waals surface area contributed by atoms with Crippen LogP contribution in [0.2, 0.25) is 5.02 Å². The van der Waals surface area contributed by atoms with Gasteiger partial charge in [-0.1, -0.05) is 23.7 Å². The number of aromatic nitrogens is 1. The monoisotopic (exact) mass is 372 g/mol. The molecule has 0 spiro atoms. The summed E-state index contributed by atoms with van der Waals surface area (Å²) in [7, 11) is 0. The van der Waals surface area contributed by atoms with E-state index in [-0.39, 0.29) is 30.7 Å². The molecule has 0 bridgehead atoms. The number of pyridine rings is 1. The summed E-state index contributed by atoms with van der Waals surface area (Å²) in [4.78, 5) is 27.9. The highest BCUT2D eigenvalue weighted by Crippen LogP contribution is 2.24. The molecule has 0 fully saturated rings. The van der Waals surface area contributed by atoms with Crippen molar-refractivity contribution >= 4 is 23.4 Å². The lowest BCUT2D eigenvalue weighted by molar-refractivity contribution is -0.143. The van der Waals surface area contributed by atoms with Crippen molar-refractivity contribution in [1.29, 1.82) is 5.26 Å². The Kier molecular flexibility index (Phi) is 6.70. The summed E-state index contributed by atoms with van der Waals surface area (Å²) < 4.78 is 4.78. The number of rotatable bonds is 7. The molecular formula is C19H17ClN2O4. The van der Waals surface area contributed by atoms with Crippen LogP contribution in [0.5, 0.6) is 5.75 Å². The molecule has 1 aromatic heterocycles. The zero-order valence-corrected chi connectivity index (χ0v) is 14.9. The first-order chi connectivity index (χ1) is 12.4. The molecule has 2 rings (SSSR count). The van der Waals surface area contributed by atoms with Crippen LogP contribution >= 0.6 is 11.6 Å². The van der Waals surface area contributed by atoms with Gasteiger partial charge in [0, 0.05) is 23.6 Å². The number of Topliss-reactive ketones (excluding diaryl/α,β-unsaturated/α-hetero) is 1. The average Bonchev–Trinajstić information content (AvgIpc) is 2.61. The first kappa shape index (κ1) is 19.4. The highest BCUT2D eigenvalue weighted by molar-refractivity contribution is 6.30. The fourth-order valence-electron chi connectivity index (χ4n) is 2.38. The quantitative estimate of drug-likeness (QED) is 0.590. The van der Waals surface area contributed by atoms with Gasteiger partial charge in [0.05, 0.1) is 18.6 Å². The molecule has 0 aliphatic carbocycles. The normalized spacial score (nSPS) is 10.2. The summed E-state index contributed by atoms with van der Waals surface area (Å²) in [6.45, 7) is 1.90. The molecule has 0 amide bonds. The summed E-state index contributed by atoms with van der Waals surface area (Å²) in [5, 5.41) is 19.9. The maximum Gasteiger partial charge on any atom is 0.306 e. The average molecular weight is 373 g/mol. The van der Waals surface area contributed by atoms with Crippen LogP contribution in [0.3, 0.4) is 0 Å². The van der Waals surface area contributed by atoms with Gasteiger partial charge in [-0.15, -0.1) is 0 Å². The van der Waals surface area contributed by atoms with Crippen LogP contribution < -0.4 is 0 Å². The number of halogens is 1. The Balaban J connectivity index is 2.27. The largest absolute Gasteiger partial charge is 0.504 e. The number of ketones is 1. The number of nitriles is 1. The van der Waals surface area contributed by atoms with Gasteiger partial charge in [0.2, 0.25) is 0 Å². The van der Waals surface area contributed by atoms with Gasteiger partial charge in [-0.05, 0) is 30.7 Å². The lowest BCUT2D eigenvalue weighted by Crippen LogP contribution is -2.11. The maximum atomic E-state index is 12.3. The number of aromatic hydroxyl groups is 1. The Hall–Kier alpha value is -2.91. The van der Waals surface area contributed by atoms with Crippen molar-refractivity contribution < 1.29 is 19.4 Å². The van der Waals surface area contributed by atoms with Gasteiger partial charge in [0.25, 0.3) is 0 Å². The minimum atomic E-state index is -0.528. The molecule has 0 saturated carbocycles. The second-order valence-electron chi connectivity index (χ2n) is 5.51. The van der Waals surface area contributed by atoms with Crippen LogP contribution in [-0.2, 0) is 16.0 Å². The van der Waals surface area contributed by atoms with Crippen LogP contribution in [0.1, 0.15) is 47.1 Å². The third-order valence-electron chi connectivity index (χ3n) is 3.57. The molecule has 2 aromatic rings. The van der Waals surface area contributed by atoms with Crippen molar-refractivity contribution in [1.82, 2.24) is 4.98 Å². The van der Waals surface area contributed by atoms with Crippen molar-refractivity contribution in [3.8, 4) is 11.8 Å². The molecule has 26 heavy (non-hydrogen) atoms. The summed E-state index contributed by atoms with van der Waals surface area (Å²) in [6, 6.07) is 10.4. The van der Waals surface area contributed by atoms with Crippen molar-refractivity contribution in [2.75, 3.05) is 6.61 Å². The smallest absolute Gasteiger partial charge is 0.306 e. The third kappa shape index (κ3) is 5.04. The molecule has 7 heteroatoms. The molecule has 6 nitrogen and oxygen atoms in total. The molecule has 0 radical (unpaired) electrons. The van der Waals surface area contributed by atoms with Gasteiger partial charge in [0.15, 0.2) is 11.5 Å². The molecule has 134 valence electrons. The summed E-state index contributed by atoms with van der Waals surface area (Å²) >= 11 is 5.96. The second kappa shape index (κ2) is 8.97. The van der Waals surface area contributed by atoms with Crippen LogP contribution in [-0.4, -0.2) is 28.4 Å². The van der Waals surface area contributed by atoms with Crippen molar-refractivity contribution in [2.45, 2.75) is 26.2 Å². The summed E-state index contributed by atoms with van der Waals surface area (Å²) in [6.07, 6.45) is 0.0623. The molecule has 1 aromatic carbocycles. The zero-order chi connectivity index (χ0) is 19.1. The molecule has 0 aliphatic heterocycles. The van der Waals surface area contributed by atoms with Gasteiger partial charge in [-0.3, -0.25) is 9.59 Å². The number of esters is 1. The van der Waals surface area contributed by atoms with Crippen molar-refractivity contribution in [2.24, 2.45) is 0 Å². The molecule has 0 atom stereocenters. The minimum absolute atomic E-state index is 0.0449. The standard InChI is InChI=1S/C19H17ClN2O4/c1-2-26-17(24)7-6-16(23)18-19(25)13(11-21)10-15(22-18)9-12-4-3-5-14(20)8-12/h3-5,8,10,25H,2,6-7,9H2,1H3. The van der Waals surface area contributed by atoms with Crippen molar-refractivity contribution in [3.05, 3.63) is 57.9 Å². The number of hydrogen-bond donors (Lipinski definition) is 1. The van der Waals surface area contributed by atoms with Gasteiger partial charge in [-0.2, -0.15) is 5.26 Å². The summed E-state index contributed by atoms with van der Waals surface area (Å²) in [5.74, 6) is -1.51. The lowest BCUT2D eigenvalue weighted by atomic mass is 10.0. The zero-order valence-electron chi connectivity index (χ0n) is 14.2. The van der Waals surface area contributed by atoms with E-state index < -0.39 is 17.5 Å². The van der Waals surface area contributed by atoms with E-state index in [1.54, 1.807) is 25.1 Å². The Labute approximate surface area is 156 Å². The Morgan fingerprint density at radius 1 is 1.31 bits per heavy atom. The Morgan fingerprint density at radius 2 is 2.08 bits per heavy atom. The summed E-state index contributed by atoms with van der Waals surface area (Å²) in [5.41, 5.74) is 1.03. The number of carbonyl (C=O) groups is 2. The number of nitrogens with zero attached hydrogens (tertiary/aromatic N) is 2. The van der Waals surface area contributed by atoms with Crippen molar-refractivity contribution in [3.63, 3.8) is 0 Å². The van der Waals surface area contributed by atoms with Gasteiger partial charge in [0.1, 0.15) is 11.8 Å². The van der Waals surface area contributed by atoms with E-state index in [0.717, 1.165) is 5.56 Å². The Bertz CT molecular complexity index is 874. The van der Waals surface area contributed by atoms with Crippen LogP contribution in [0.25, 0.3) is 0 Å². The van der Waals surface area contributed by atoms with Crippen LogP contribution in [0.15, 0.2) is 30.3 Å². The van der Waals surface area contributed by atoms with Gasteiger partial charge in [-0.25, -0.2) is 4.98 Å². The predicted octanol–water partition coefficient (Wildman–Crippen LogP) is 3.43. The Morgan fingerprint density at radius 3 is 2.73 bits per heavy atom. The van der Waals surface area contributed by atoms with Gasteiger partial charge >= 0.3 is 5.97 Å². The van der Waals surface area contributed by atoms with Gasteiger partial charge < -0.3 is 9.84 Å². The first-order valence-corrected chi connectivity index (χ1v) is 8.38. The highest BCUT2D eigenvalue weighted by Gasteiger charge is 2.19. The number of benzene rings is 1. The van der Waals surface area contributed by atoms with Crippen LogP contribution in [0, 0.1) is 11.3 Å². The van der Waals surface area contributed by atoms with E-state index in [2.05, 4.69) is 4.98 Å². The SMILES string of the molecule is CCOC(=O)CCC(=O)c1nc(Cc2cccc(Cl)c2)cc(C#N)c1O. The van der Waals surface area contributed by atoms with E-state index in [0.29, 0.717) is 17.1 Å². The molecule has 1 N–H and O–H groups in total. The van der Waals surface area contributed by atoms with E-state index in [4.69, 9.17) is 16.3 Å². The number of hydrogen-bond acceptors (Lipinski definition) is 6. The van der Waals surface area contributed by atoms with Crippen LogP contribution in [0.4, 0.5) is 0 Å². The molecule has 1 heterocycles. The predicted molar refractivity (Wildman–Crippen MR) is 95.1 cm³/mol. The second-order valence-corrected chi connectivity index (χ2v) is 5.94. The first-order valence-electron chi connectivity index (χ1n) is 8.00. The molecule has 0 aliphatic rings. The molecular weight excluding hydrogens is 356 g/mol. The maximum absolute atomic E-state index is 12.3. The highest BCUT2D eigenvalue weighted by atomic mass is 35.5. The lowest BCUT2D eigenvalue weighted by Gasteiger charge is -2.09. The molecule has 0 unspecified atom stereocenters. The third-order valence-corrected chi connectivity index (χ3v) is 3.80. The molecule has 0 saturated heterocycles. The fraction of sp³-hybridized carbons (Fsp3) is 0.263. The minimum Gasteiger partial charge on any atom is -0.504 e. The number of carbonyl (C=O) groups excluding carboxylic acids is 2. The van der Waals surface area contributed by atoms with E-state index in [9.17, 15) is 20.0 Å². The fourth-order valence-corrected chi connectivity index (χ4v) is 2.60.